The molecule has 0 unspecified atom stereocenters. The van der Waals surface area contributed by atoms with Gasteiger partial charge in [-0.15, -0.1) is 0 Å². The third-order valence-corrected chi connectivity index (χ3v) is 2.29. The van der Waals surface area contributed by atoms with Gasteiger partial charge in [-0.05, 0) is 12.5 Å². The molecule has 1 aromatic rings. The highest BCUT2D eigenvalue weighted by atomic mass is 16.2. The Kier molecular flexibility index (Phi) is 2.67. The van der Waals surface area contributed by atoms with Gasteiger partial charge in [0.15, 0.2) is 0 Å². The van der Waals surface area contributed by atoms with E-state index in [0.29, 0.717) is 6.42 Å². The summed E-state index contributed by atoms with van der Waals surface area (Å²) in [6.45, 7) is 1.83. The number of hydrogen-bond donors (Lipinski definition) is 2. The molecule has 2 rings (SSSR count). The van der Waals surface area contributed by atoms with E-state index in [1.807, 2.05) is 37.3 Å². The van der Waals surface area contributed by atoms with Gasteiger partial charge in [0.1, 0.15) is 11.9 Å². The summed E-state index contributed by atoms with van der Waals surface area (Å²) >= 11 is 0. The number of nitrogens with one attached hydrogen (secondary N) is 2. The van der Waals surface area contributed by atoms with Crippen molar-refractivity contribution in [2.45, 2.75) is 19.4 Å². The summed E-state index contributed by atoms with van der Waals surface area (Å²) in [6, 6.07) is 9.57. The fourth-order valence-corrected chi connectivity index (χ4v) is 1.54. The second-order valence-corrected chi connectivity index (χ2v) is 3.53. The summed E-state index contributed by atoms with van der Waals surface area (Å²) in [5.74, 6) is 0.667. The van der Waals surface area contributed by atoms with E-state index in [-0.39, 0.29) is 11.9 Å². The molecule has 78 valence electrons. The maximum absolute atomic E-state index is 11.5. The van der Waals surface area contributed by atoms with Gasteiger partial charge < -0.3 is 0 Å². The molecule has 0 fully saturated rings. The van der Waals surface area contributed by atoms with Crippen molar-refractivity contribution in [1.29, 1.82) is 0 Å². The van der Waals surface area contributed by atoms with Crippen LogP contribution in [0.4, 0.5) is 0 Å². The Morgan fingerprint density at radius 2 is 2.00 bits per heavy atom. The number of amidine groups is 1. The third-order valence-electron chi connectivity index (χ3n) is 2.29. The van der Waals surface area contributed by atoms with E-state index in [4.69, 9.17) is 0 Å². The van der Waals surface area contributed by atoms with Crippen molar-refractivity contribution in [3.05, 3.63) is 35.9 Å². The lowest BCUT2D eigenvalue weighted by Crippen LogP contribution is -2.50. The maximum atomic E-state index is 11.5. The minimum Gasteiger partial charge on any atom is -0.286 e. The highest BCUT2D eigenvalue weighted by molar-refractivity contribution is 5.92. The minimum absolute atomic E-state index is 0.0792. The van der Waals surface area contributed by atoms with Crippen molar-refractivity contribution in [2.75, 3.05) is 0 Å². The predicted molar refractivity (Wildman–Crippen MR) is 58.3 cm³/mol. The molecule has 0 aromatic heterocycles. The molecule has 0 saturated heterocycles. The standard InChI is InChI=1S/C11H13N3O/c1-8-12-10(11(15)14-13-8)7-9-5-3-2-4-6-9/h2-6,10H,7H2,1H3,(H,12,13)(H,14,15)/t10-/m0/s1. The second kappa shape index (κ2) is 4.13. The molecule has 1 aliphatic heterocycles. The molecule has 0 bridgehead atoms. The van der Waals surface area contributed by atoms with Crippen LogP contribution in [0.15, 0.2) is 35.3 Å². The Hall–Kier alpha value is -1.84. The van der Waals surface area contributed by atoms with Crippen LogP contribution in [0.25, 0.3) is 0 Å². The fourth-order valence-electron chi connectivity index (χ4n) is 1.54. The number of rotatable bonds is 2. The maximum Gasteiger partial charge on any atom is 0.263 e. The van der Waals surface area contributed by atoms with E-state index in [9.17, 15) is 4.79 Å². The lowest BCUT2D eigenvalue weighted by Gasteiger charge is -2.20. The molecule has 0 aliphatic carbocycles. The molecule has 1 atom stereocenters. The first-order chi connectivity index (χ1) is 7.25. The van der Waals surface area contributed by atoms with E-state index in [1.165, 1.54) is 0 Å². The van der Waals surface area contributed by atoms with Gasteiger partial charge in [-0.2, -0.15) is 0 Å². The van der Waals surface area contributed by atoms with E-state index < -0.39 is 0 Å². The number of amides is 1. The molecule has 1 aliphatic rings. The summed E-state index contributed by atoms with van der Waals surface area (Å²) in [7, 11) is 0. The SMILES string of the molecule is CC1=N[C@@H](Cc2ccccc2)C(=O)NN1. The molecule has 2 N–H and O–H groups in total. The molecular formula is C11H13N3O. The minimum atomic E-state index is -0.311. The molecule has 1 aromatic carbocycles. The van der Waals surface area contributed by atoms with Crippen LogP contribution in [0.2, 0.25) is 0 Å². The van der Waals surface area contributed by atoms with E-state index in [0.717, 1.165) is 11.4 Å². The molecule has 15 heavy (non-hydrogen) atoms. The highest BCUT2D eigenvalue weighted by Gasteiger charge is 2.21. The first-order valence-electron chi connectivity index (χ1n) is 4.90. The number of nitrogens with zero attached hydrogens (tertiary/aromatic N) is 1. The van der Waals surface area contributed by atoms with Crippen LogP contribution in [0.5, 0.6) is 0 Å². The summed E-state index contributed by atoms with van der Waals surface area (Å²) < 4.78 is 0. The third kappa shape index (κ3) is 2.34. The molecule has 1 heterocycles. The van der Waals surface area contributed by atoms with Gasteiger partial charge in [-0.1, -0.05) is 30.3 Å². The summed E-state index contributed by atoms with van der Waals surface area (Å²) in [5, 5.41) is 0. The molecule has 4 nitrogen and oxygen atoms in total. The zero-order valence-electron chi connectivity index (χ0n) is 8.53. The van der Waals surface area contributed by atoms with Crippen molar-refractivity contribution < 1.29 is 4.79 Å². The fraction of sp³-hybridized carbons (Fsp3) is 0.273. The van der Waals surface area contributed by atoms with Gasteiger partial charge in [0.05, 0.1) is 0 Å². The molecule has 0 radical (unpaired) electrons. The van der Waals surface area contributed by atoms with Crippen molar-refractivity contribution in [3.8, 4) is 0 Å². The number of benzene rings is 1. The Morgan fingerprint density at radius 1 is 1.27 bits per heavy atom. The lowest BCUT2D eigenvalue weighted by atomic mass is 10.1. The molecule has 0 saturated carbocycles. The van der Waals surface area contributed by atoms with Crippen LogP contribution >= 0.6 is 0 Å². The van der Waals surface area contributed by atoms with Gasteiger partial charge >= 0.3 is 0 Å². The molecule has 1 amide bonds. The van der Waals surface area contributed by atoms with Gasteiger partial charge in [-0.25, -0.2) is 0 Å². The molecule has 4 heteroatoms. The number of carbonyl (C=O) groups excluding carboxylic acids is 1. The van der Waals surface area contributed by atoms with Crippen LogP contribution in [-0.4, -0.2) is 17.8 Å². The van der Waals surface area contributed by atoms with E-state index in [1.54, 1.807) is 0 Å². The van der Waals surface area contributed by atoms with Gasteiger partial charge in [-0.3, -0.25) is 20.6 Å². The monoisotopic (exact) mass is 203 g/mol. The highest BCUT2D eigenvalue weighted by Crippen LogP contribution is 2.07. The molecular weight excluding hydrogens is 190 g/mol. The van der Waals surface area contributed by atoms with Crippen molar-refractivity contribution >= 4 is 11.7 Å². The van der Waals surface area contributed by atoms with Crippen LogP contribution < -0.4 is 10.9 Å². The zero-order valence-corrected chi connectivity index (χ0v) is 8.53. The van der Waals surface area contributed by atoms with Crippen LogP contribution in [0, 0.1) is 0 Å². The first kappa shape index (κ1) is 9.71. The quantitative estimate of drug-likeness (QED) is 0.741. The van der Waals surface area contributed by atoms with Crippen LogP contribution in [0.3, 0.4) is 0 Å². The van der Waals surface area contributed by atoms with Crippen LogP contribution in [-0.2, 0) is 11.2 Å². The summed E-state index contributed by atoms with van der Waals surface area (Å²) in [4.78, 5) is 15.7. The van der Waals surface area contributed by atoms with E-state index in [2.05, 4.69) is 15.8 Å². The normalized spacial score (nSPS) is 20.2. The Balaban J connectivity index is 2.11. The average molecular weight is 203 g/mol. The smallest absolute Gasteiger partial charge is 0.263 e. The topological polar surface area (TPSA) is 53.5 Å². The van der Waals surface area contributed by atoms with Crippen molar-refractivity contribution in [1.82, 2.24) is 10.9 Å². The number of hydrogen-bond acceptors (Lipinski definition) is 3. The summed E-state index contributed by atoms with van der Waals surface area (Å²) in [5.41, 5.74) is 6.40. The van der Waals surface area contributed by atoms with Crippen molar-refractivity contribution in [3.63, 3.8) is 0 Å². The second-order valence-electron chi connectivity index (χ2n) is 3.53. The number of carbonyl (C=O) groups is 1. The lowest BCUT2D eigenvalue weighted by molar-refractivity contribution is -0.123. The van der Waals surface area contributed by atoms with E-state index >= 15 is 0 Å². The van der Waals surface area contributed by atoms with Gasteiger partial charge in [0, 0.05) is 6.42 Å². The Morgan fingerprint density at radius 3 is 2.73 bits per heavy atom. The largest absolute Gasteiger partial charge is 0.286 e. The van der Waals surface area contributed by atoms with Crippen LogP contribution in [0.1, 0.15) is 12.5 Å². The van der Waals surface area contributed by atoms with Gasteiger partial charge in [0.2, 0.25) is 0 Å². The zero-order chi connectivity index (χ0) is 10.7. The first-order valence-corrected chi connectivity index (χ1v) is 4.90. The van der Waals surface area contributed by atoms with Gasteiger partial charge in [0.25, 0.3) is 5.91 Å². The predicted octanol–water partition coefficient (Wildman–Crippen LogP) is 0.650. The number of hydrazine groups is 1. The average Bonchev–Trinajstić information content (AvgIpc) is 2.25. The Bertz CT molecular complexity index is 386. The number of aliphatic imine (C=N–C) groups is 1. The Labute approximate surface area is 88.4 Å². The summed E-state index contributed by atoms with van der Waals surface area (Å²) in [6.07, 6.45) is 0.645. The molecule has 0 spiro atoms. The van der Waals surface area contributed by atoms with Crippen molar-refractivity contribution in [2.24, 2.45) is 4.99 Å².